The molecule has 0 aromatic heterocycles. The second kappa shape index (κ2) is 7.83. The topological polar surface area (TPSA) is 67.4 Å². The van der Waals surface area contributed by atoms with Gasteiger partial charge in [-0.2, -0.15) is 0 Å². The summed E-state index contributed by atoms with van der Waals surface area (Å²) < 4.78 is 5.12. The Kier molecular flexibility index (Phi) is 5.54. The van der Waals surface area contributed by atoms with Crippen LogP contribution >= 0.6 is 0 Å². The zero-order chi connectivity index (χ0) is 15.8. The highest BCUT2D eigenvalue weighted by Crippen LogP contribution is 2.11. The summed E-state index contributed by atoms with van der Waals surface area (Å²) in [7, 11) is 1.59. The van der Waals surface area contributed by atoms with Crippen LogP contribution in [0.15, 0.2) is 54.6 Å². The quantitative estimate of drug-likeness (QED) is 0.853. The molecule has 0 aliphatic heterocycles. The van der Waals surface area contributed by atoms with Gasteiger partial charge in [0.05, 0.1) is 13.7 Å². The molecule has 5 heteroatoms. The Balaban J connectivity index is 1.77. The van der Waals surface area contributed by atoms with E-state index in [9.17, 15) is 9.59 Å². The van der Waals surface area contributed by atoms with Crippen molar-refractivity contribution in [1.82, 2.24) is 10.6 Å². The van der Waals surface area contributed by atoms with E-state index in [1.807, 2.05) is 30.3 Å². The standard InChI is InChI=1S/C17H18N2O3/c1-22-15-9-5-6-13(10-15)11-18-16(20)12-19-17(21)14-7-3-2-4-8-14/h2-10H,11-12H2,1H3,(H,18,20)(H,19,21). The van der Waals surface area contributed by atoms with Gasteiger partial charge in [0.1, 0.15) is 5.75 Å². The third-order valence-electron chi connectivity index (χ3n) is 3.07. The summed E-state index contributed by atoms with van der Waals surface area (Å²) in [5.41, 5.74) is 1.46. The highest BCUT2D eigenvalue weighted by atomic mass is 16.5. The molecule has 2 aromatic rings. The van der Waals surface area contributed by atoms with Gasteiger partial charge in [-0.25, -0.2) is 0 Å². The van der Waals surface area contributed by atoms with E-state index in [0.29, 0.717) is 12.1 Å². The number of carbonyl (C=O) groups excluding carboxylic acids is 2. The minimum absolute atomic E-state index is 0.0578. The number of hydrogen-bond donors (Lipinski definition) is 2. The third kappa shape index (κ3) is 4.63. The van der Waals surface area contributed by atoms with Crippen molar-refractivity contribution >= 4 is 11.8 Å². The molecule has 0 fully saturated rings. The van der Waals surface area contributed by atoms with Gasteiger partial charge in [-0.05, 0) is 29.8 Å². The molecule has 2 amide bonds. The van der Waals surface area contributed by atoms with Crippen LogP contribution in [0, 0.1) is 0 Å². The van der Waals surface area contributed by atoms with Crippen LogP contribution in [0.4, 0.5) is 0 Å². The summed E-state index contributed by atoms with van der Waals surface area (Å²) >= 11 is 0. The lowest BCUT2D eigenvalue weighted by Crippen LogP contribution is -2.36. The first-order valence-electron chi connectivity index (χ1n) is 6.92. The predicted molar refractivity (Wildman–Crippen MR) is 83.6 cm³/mol. The van der Waals surface area contributed by atoms with Gasteiger partial charge in [-0.15, -0.1) is 0 Å². The van der Waals surface area contributed by atoms with Gasteiger partial charge in [0.2, 0.25) is 5.91 Å². The van der Waals surface area contributed by atoms with Crippen LogP contribution in [-0.2, 0) is 11.3 Å². The molecule has 0 bridgehead atoms. The van der Waals surface area contributed by atoms with Crippen LogP contribution in [0.5, 0.6) is 5.75 Å². The van der Waals surface area contributed by atoms with Crippen molar-refractivity contribution in [3.05, 3.63) is 65.7 Å². The lowest BCUT2D eigenvalue weighted by atomic mass is 10.2. The Hall–Kier alpha value is -2.82. The highest BCUT2D eigenvalue weighted by Gasteiger charge is 2.07. The summed E-state index contributed by atoms with van der Waals surface area (Å²) in [4.78, 5) is 23.5. The van der Waals surface area contributed by atoms with Crippen LogP contribution in [0.2, 0.25) is 0 Å². The Morgan fingerprint density at radius 1 is 1.00 bits per heavy atom. The van der Waals surface area contributed by atoms with Crippen molar-refractivity contribution in [2.24, 2.45) is 0 Å². The van der Waals surface area contributed by atoms with Crippen LogP contribution in [0.1, 0.15) is 15.9 Å². The van der Waals surface area contributed by atoms with Crippen molar-refractivity contribution in [3.8, 4) is 5.75 Å². The first-order chi connectivity index (χ1) is 10.7. The van der Waals surface area contributed by atoms with Gasteiger partial charge >= 0.3 is 0 Å². The summed E-state index contributed by atoms with van der Waals surface area (Å²) in [6.45, 7) is 0.328. The fourth-order valence-corrected chi connectivity index (χ4v) is 1.90. The van der Waals surface area contributed by atoms with Gasteiger partial charge < -0.3 is 15.4 Å². The average Bonchev–Trinajstić information content (AvgIpc) is 2.58. The largest absolute Gasteiger partial charge is 0.497 e. The normalized spacial score (nSPS) is 9.86. The molecule has 0 aliphatic carbocycles. The molecule has 0 unspecified atom stereocenters. The van der Waals surface area contributed by atoms with E-state index < -0.39 is 0 Å². The number of amides is 2. The zero-order valence-corrected chi connectivity index (χ0v) is 12.3. The third-order valence-corrected chi connectivity index (χ3v) is 3.07. The number of benzene rings is 2. The Labute approximate surface area is 129 Å². The number of rotatable bonds is 6. The van der Waals surface area contributed by atoms with E-state index in [1.54, 1.807) is 31.4 Å². The first-order valence-corrected chi connectivity index (χ1v) is 6.92. The summed E-state index contributed by atoms with van der Waals surface area (Å²) in [5, 5.41) is 5.33. The first kappa shape index (κ1) is 15.6. The number of carbonyl (C=O) groups is 2. The van der Waals surface area contributed by atoms with Gasteiger partial charge in [-0.3, -0.25) is 9.59 Å². The molecule has 2 N–H and O–H groups in total. The lowest BCUT2D eigenvalue weighted by molar-refractivity contribution is -0.120. The van der Waals surface area contributed by atoms with Crippen molar-refractivity contribution < 1.29 is 14.3 Å². The van der Waals surface area contributed by atoms with Gasteiger partial charge in [0, 0.05) is 12.1 Å². The minimum atomic E-state index is -0.267. The highest BCUT2D eigenvalue weighted by molar-refractivity contribution is 5.96. The molecule has 5 nitrogen and oxygen atoms in total. The SMILES string of the molecule is COc1cccc(CNC(=O)CNC(=O)c2ccccc2)c1. The van der Waals surface area contributed by atoms with Crippen molar-refractivity contribution in [2.75, 3.05) is 13.7 Å². The second-order valence-electron chi connectivity index (χ2n) is 4.68. The summed E-state index contributed by atoms with van der Waals surface area (Å²) in [6.07, 6.45) is 0. The summed E-state index contributed by atoms with van der Waals surface area (Å²) in [5.74, 6) is 0.230. The lowest BCUT2D eigenvalue weighted by Gasteiger charge is -2.08. The fourth-order valence-electron chi connectivity index (χ4n) is 1.90. The molecule has 0 spiro atoms. The van der Waals surface area contributed by atoms with Gasteiger partial charge in [0.25, 0.3) is 5.91 Å². The van der Waals surface area contributed by atoms with E-state index >= 15 is 0 Å². The van der Waals surface area contributed by atoms with Crippen molar-refractivity contribution in [3.63, 3.8) is 0 Å². The van der Waals surface area contributed by atoms with E-state index in [4.69, 9.17) is 4.74 Å². The summed E-state index contributed by atoms with van der Waals surface area (Å²) in [6, 6.07) is 16.2. The molecule has 0 aliphatic rings. The number of ether oxygens (including phenoxy) is 1. The fraction of sp³-hybridized carbons (Fsp3) is 0.176. The molecule has 2 aromatic carbocycles. The molecule has 0 atom stereocenters. The van der Waals surface area contributed by atoms with E-state index in [0.717, 1.165) is 11.3 Å². The number of nitrogens with one attached hydrogen (secondary N) is 2. The van der Waals surface area contributed by atoms with Gasteiger partial charge in [-0.1, -0.05) is 30.3 Å². The van der Waals surface area contributed by atoms with E-state index in [1.165, 1.54) is 0 Å². The molecule has 22 heavy (non-hydrogen) atoms. The molecular weight excluding hydrogens is 280 g/mol. The molecule has 114 valence electrons. The Morgan fingerprint density at radius 3 is 2.50 bits per heavy atom. The Morgan fingerprint density at radius 2 is 1.77 bits per heavy atom. The zero-order valence-electron chi connectivity index (χ0n) is 12.3. The number of hydrogen-bond acceptors (Lipinski definition) is 3. The van der Waals surface area contributed by atoms with Crippen LogP contribution in [0.3, 0.4) is 0 Å². The number of methoxy groups -OCH3 is 1. The Bertz CT molecular complexity index is 641. The molecule has 0 radical (unpaired) electrons. The predicted octanol–water partition coefficient (Wildman–Crippen LogP) is 1.74. The molecular formula is C17H18N2O3. The van der Waals surface area contributed by atoms with Crippen molar-refractivity contribution in [2.45, 2.75) is 6.54 Å². The average molecular weight is 298 g/mol. The van der Waals surface area contributed by atoms with Crippen LogP contribution < -0.4 is 15.4 Å². The molecule has 0 saturated carbocycles. The van der Waals surface area contributed by atoms with E-state index in [2.05, 4.69) is 10.6 Å². The monoisotopic (exact) mass is 298 g/mol. The molecule has 2 rings (SSSR count). The maximum atomic E-state index is 11.8. The van der Waals surface area contributed by atoms with E-state index in [-0.39, 0.29) is 18.4 Å². The maximum Gasteiger partial charge on any atom is 0.251 e. The smallest absolute Gasteiger partial charge is 0.251 e. The molecule has 0 heterocycles. The second-order valence-corrected chi connectivity index (χ2v) is 4.68. The maximum absolute atomic E-state index is 11.8. The van der Waals surface area contributed by atoms with Crippen LogP contribution in [0.25, 0.3) is 0 Å². The van der Waals surface area contributed by atoms with Gasteiger partial charge in [0.15, 0.2) is 0 Å². The minimum Gasteiger partial charge on any atom is -0.497 e. The van der Waals surface area contributed by atoms with Crippen LogP contribution in [-0.4, -0.2) is 25.5 Å². The van der Waals surface area contributed by atoms with Crippen molar-refractivity contribution in [1.29, 1.82) is 0 Å². The molecule has 0 saturated heterocycles.